The summed E-state index contributed by atoms with van der Waals surface area (Å²) in [6.07, 6.45) is -0.355. The SMILES string of the molecule is C[C@@H]1C(=O)N(CCCN2CCC3(CC3)[C@H](O)C2)CCN1c1ccc(C(F)(F)F)cc1. The van der Waals surface area contributed by atoms with Gasteiger partial charge in [0.15, 0.2) is 0 Å². The second-order valence-electron chi connectivity index (χ2n) is 9.02. The van der Waals surface area contributed by atoms with Crippen molar-refractivity contribution in [2.45, 2.75) is 50.9 Å². The van der Waals surface area contributed by atoms with E-state index in [0.717, 1.165) is 57.5 Å². The Labute approximate surface area is 175 Å². The molecule has 0 aromatic heterocycles. The number of hydrogen-bond donors (Lipinski definition) is 1. The third kappa shape index (κ3) is 4.30. The van der Waals surface area contributed by atoms with Crippen molar-refractivity contribution in [3.8, 4) is 0 Å². The summed E-state index contributed by atoms with van der Waals surface area (Å²) in [6.45, 7) is 6.26. The quantitative estimate of drug-likeness (QED) is 0.788. The van der Waals surface area contributed by atoms with Crippen molar-refractivity contribution >= 4 is 11.6 Å². The van der Waals surface area contributed by atoms with Gasteiger partial charge < -0.3 is 19.8 Å². The van der Waals surface area contributed by atoms with Crippen LogP contribution < -0.4 is 4.90 Å². The Morgan fingerprint density at radius 1 is 1.07 bits per heavy atom. The molecule has 0 unspecified atom stereocenters. The molecule has 166 valence electrons. The predicted octanol–water partition coefficient (Wildman–Crippen LogP) is 2.98. The van der Waals surface area contributed by atoms with Gasteiger partial charge in [-0.1, -0.05) is 0 Å². The van der Waals surface area contributed by atoms with Crippen molar-refractivity contribution in [2.75, 3.05) is 44.2 Å². The normalized spacial score (nSPS) is 27.0. The zero-order valence-electron chi connectivity index (χ0n) is 17.4. The highest BCUT2D eigenvalue weighted by Crippen LogP contribution is 2.53. The van der Waals surface area contributed by atoms with Crippen molar-refractivity contribution in [3.63, 3.8) is 0 Å². The van der Waals surface area contributed by atoms with Gasteiger partial charge in [0.1, 0.15) is 6.04 Å². The molecule has 1 aromatic carbocycles. The molecule has 5 nitrogen and oxygen atoms in total. The Hall–Kier alpha value is -1.80. The number of piperazine rings is 1. The molecule has 3 fully saturated rings. The Morgan fingerprint density at radius 3 is 2.37 bits per heavy atom. The van der Waals surface area contributed by atoms with Crippen LogP contribution in [0.4, 0.5) is 18.9 Å². The maximum absolute atomic E-state index is 12.8. The van der Waals surface area contributed by atoms with Gasteiger partial charge in [0.25, 0.3) is 0 Å². The van der Waals surface area contributed by atoms with Crippen LogP contribution in [-0.4, -0.2) is 72.2 Å². The lowest BCUT2D eigenvalue weighted by Crippen LogP contribution is -2.56. The fourth-order valence-electron chi connectivity index (χ4n) is 4.86. The van der Waals surface area contributed by atoms with E-state index in [2.05, 4.69) is 4.90 Å². The van der Waals surface area contributed by atoms with E-state index in [9.17, 15) is 23.1 Å². The molecular formula is C22H30F3N3O2. The molecule has 0 bridgehead atoms. The number of benzene rings is 1. The average molecular weight is 425 g/mol. The van der Waals surface area contributed by atoms with Gasteiger partial charge in [-0.25, -0.2) is 0 Å². The minimum Gasteiger partial charge on any atom is -0.391 e. The molecule has 1 N–H and O–H groups in total. The van der Waals surface area contributed by atoms with E-state index in [0.29, 0.717) is 25.3 Å². The largest absolute Gasteiger partial charge is 0.416 e. The molecule has 2 atom stereocenters. The first kappa shape index (κ1) is 21.4. The maximum atomic E-state index is 12.8. The van der Waals surface area contributed by atoms with Crippen LogP contribution in [0.3, 0.4) is 0 Å². The van der Waals surface area contributed by atoms with Gasteiger partial charge in [-0.2, -0.15) is 13.2 Å². The smallest absolute Gasteiger partial charge is 0.391 e. The molecule has 3 aliphatic rings. The van der Waals surface area contributed by atoms with E-state index in [-0.39, 0.29) is 17.4 Å². The zero-order chi connectivity index (χ0) is 21.5. The lowest BCUT2D eigenvalue weighted by molar-refractivity contribution is -0.137. The number of halogens is 3. The van der Waals surface area contributed by atoms with Crippen LogP contribution in [0.15, 0.2) is 24.3 Å². The highest BCUT2D eigenvalue weighted by atomic mass is 19.4. The Balaban J connectivity index is 1.26. The lowest BCUT2D eigenvalue weighted by atomic mass is 9.90. The van der Waals surface area contributed by atoms with Gasteiger partial charge in [0, 0.05) is 31.9 Å². The third-order valence-corrected chi connectivity index (χ3v) is 7.13. The summed E-state index contributed by atoms with van der Waals surface area (Å²) in [5, 5.41) is 10.3. The Bertz CT molecular complexity index is 764. The number of amides is 1. The van der Waals surface area contributed by atoms with Gasteiger partial charge in [-0.15, -0.1) is 0 Å². The molecule has 30 heavy (non-hydrogen) atoms. The number of likely N-dealkylation sites (tertiary alicyclic amines) is 1. The molecule has 4 rings (SSSR count). The highest BCUT2D eigenvalue weighted by Gasteiger charge is 2.51. The summed E-state index contributed by atoms with van der Waals surface area (Å²) in [5.74, 6) is 0.0109. The molecule has 1 amide bonds. The molecule has 2 aliphatic heterocycles. The zero-order valence-corrected chi connectivity index (χ0v) is 17.4. The Kier molecular flexibility index (Phi) is 5.74. The van der Waals surface area contributed by atoms with Gasteiger partial charge in [0.05, 0.1) is 11.7 Å². The number of alkyl halides is 3. The summed E-state index contributed by atoms with van der Waals surface area (Å²) >= 11 is 0. The minimum atomic E-state index is -4.36. The monoisotopic (exact) mass is 425 g/mol. The van der Waals surface area contributed by atoms with Crippen LogP contribution in [0.25, 0.3) is 0 Å². The van der Waals surface area contributed by atoms with Gasteiger partial charge >= 0.3 is 6.18 Å². The number of carbonyl (C=O) groups excluding carboxylic acids is 1. The third-order valence-electron chi connectivity index (χ3n) is 7.13. The van der Waals surface area contributed by atoms with Crippen LogP contribution in [0, 0.1) is 5.41 Å². The van der Waals surface area contributed by atoms with E-state index in [1.807, 2.05) is 16.7 Å². The van der Waals surface area contributed by atoms with E-state index in [1.54, 1.807) is 0 Å². The molecule has 1 saturated carbocycles. The van der Waals surface area contributed by atoms with E-state index in [4.69, 9.17) is 0 Å². The summed E-state index contributed by atoms with van der Waals surface area (Å²) in [6, 6.07) is 4.62. The summed E-state index contributed by atoms with van der Waals surface area (Å²) < 4.78 is 38.3. The molecular weight excluding hydrogens is 395 g/mol. The van der Waals surface area contributed by atoms with Crippen molar-refractivity contribution < 1.29 is 23.1 Å². The van der Waals surface area contributed by atoms with Crippen molar-refractivity contribution in [1.29, 1.82) is 0 Å². The molecule has 1 aliphatic carbocycles. The lowest BCUT2D eigenvalue weighted by Gasteiger charge is -2.41. The molecule has 2 heterocycles. The highest BCUT2D eigenvalue weighted by molar-refractivity contribution is 5.86. The number of rotatable bonds is 5. The average Bonchev–Trinajstić information content (AvgIpc) is 3.49. The molecule has 1 aromatic rings. The number of aliphatic hydroxyl groups excluding tert-OH is 1. The predicted molar refractivity (Wildman–Crippen MR) is 108 cm³/mol. The standard InChI is InChI=1S/C22H30F3N3O2/c1-16-20(30)27(11-2-10-26-12-9-21(7-8-21)19(29)15-26)13-14-28(16)18-5-3-17(4-6-18)22(23,24)25/h3-6,16,19,29H,2,7-15H2,1H3/t16-,19-/m1/s1. The maximum Gasteiger partial charge on any atom is 0.416 e. The first-order valence-corrected chi connectivity index (χ1v) is 10.8. The summed E-state index contributed by atoms with van der Waals surface area (Å²) in [4.78, 5) is 18.8. The minimum absolute atomic E-state index is 0.0109. The van der Waals surface area contributed by atoms with E-state index in [1.165, 1.54) is 12.1 Å². The molecule has 2 saturated heterocycles. The number of aliphatic hydroxyl groups is 1. The number of anilines is 1. The van der Waals surface area contributed by atoms with Crippen LogP contribution in [-0.2, 0) is 11.0 Å². The Morgan fingerprint density at radius 2 is 1.77 bits per heavy atom. The van der Waals surface area contributed by atoms with E-state index < -0.39 is 17.8 Å². The van der Waals surface area contributed by atoms with Crippen LogP contribution in [0.1, 0.15) is 38.2 Å². The number of β-amino-alcohol motifs (C(OH)–C–C–N with tert-alkyl or cyclic N) is 1. The van der Waals surface area contributed by atoms with Crippen LogP contribution >= 0.6 is 0 Å². The van der Waals surface area contributed by atoms with Crippen LogP contribution in [0.5, 0.6) is 0 Å². The second-order valence-corrected chi connectivity index (χ2v) is 9.02. The fraction of sp³-hybridized carbons (Fsp3) is 0.682. The van der Waals surface area contributed by atoms with Crippen molar-refractivity contribution in [1.82, 2.24) is 9.80 Å². The van der Waals surface area contributed by atoms with Gasteiger partial charge in [-0.3, -0.25) is 4.79 Å². The number of nitrogens with zero attached hydrogens (tertiary/aromatic N) is 3. The van der Waals surface area contributed by atoms with Crippen molar-refractivity contribution in [2.24, 2.45) is 5.41 Å². The second kappa shape index (κ2) is 8.04. The van der Waals surface area contributed by atoms with Crippen molar-refractivity contribution in [3.05, 3.63) is 29.8 Å². The molecule has 0 radical (unpaired) electrons. The van der Waals surface area contributed by atoms with Gasteiger partial charge in [0.2, 0.25) is 5.91 Å². The number of hydrogen-bond acceptors (Lipinski definition) is 4. The first-order chi connectivity index (χ1) is 14.2. The summed E-state index contributed by atoms with van der Waals surface area (Å²) in [7, 11) is 0. The topological polar surface area (TPSA) is 47.0 Å². The first-order valence-electron chi connectivity index (χ1n) is 10.8. The fourth-order valence-corrected chi connectivity index (χ4v) is 4.86. The van der Waals surface area contributed by atoms with Gasteiger partial charge in [-0.05, 0) is 75.4 Å². The van der Waals surface area contributed by atoms with E-state index >= 15 is 0 Å². The van der Waals surface area contributed by atoms with Crippen LogP contribution in [0.2, 0.25) is 0 Å². The number of carbonyl (C=O) groups is 1. The number of piperidine rings is 1. The summed E-state index contributed by atoms with van der Waals surface area (Å²) in [5.41, 5.74) is 0.162. The molecule has 8 heteroatoms. The molecule has 1 spiro atoms.